The minimum absolute atomic E-state index is 0.0283. The average Bonchev–Trinajstić information content (AvgIpc) is 3.21. The molecule has 0 bridgehead atoms. The number of ether oxygens (including phenoxy) is 1. The highest BCUT2D eigenvalue weighted by Crippen LogP contribution is 2.47. The number of ketones is 1. The summed E-state index contributed by atoms with van der Waals surface area (Å²) in [5, 5.41) is 19.7. The quantitative estimate of drug-likeness (QED) is 0.566. The predicted octanol–water partition coefficient (Wildman–Crippen LogP) is 3.03. The molecule has 0 aromatic heterocycles. The van der Waals surface area contributed by atoms with Crippen LogP contribution in [0, 0.1) is 11.8 Å². The van der Waals surface area contributed by atoms with Gasteiger partial charge in [0.1, 0.15) is 18.1 Å². The number of rotatable bonds is 6. The van der Waals surface area contributed by atoms with Gasteiger partial charge < -0.3 is 19.8 Å². The number of carbonyl (C=O) groups excluding carboxylic acids is 2. The maximum absolute atomic E-state index is 12.7. The number of nitrogens with zero attached hydrogens (tertiary/aromatic N) is 1. The van der Waals surface area contributed by atoms with Gasteiger partial charge in [-0.05, 0) is 30.2 Å². The predicted molar refractivity (Wildman–Crippen MR) is 120 cm³/mol. The molecule has 0 unspecified atom stereocenters. The van der Waals surface area contributed by atoms with Gasteiger partial charge in [-0.25, -0.2) is 4.79 Å². The van der Waals surface area contributed by atoms with E-state index < -0.39 is 18.0 Å². The Morgan fingerprint density at radius 1 is 1.12 bits per heavy atom. The van der Waals surface area contributed by atoms with Crippen molar-refractivity contribution in [2.75, 3.05) is 6.61 Å². The molecular weight excluding hydrogens is 422 g/mol. The van der Waals surface area contributed by atoms with Crippen molar-refractivity contribution < 1.29 is 29.3 Å². The molecule has 0 radical (unpaired) electrons. The van der Waals surface area contributed by atoms with Crippen molar-refractivity contribution in [2.45, 2.75) is 26.0 Å². The smallest absolute Gasteiger partial charge is 0.352 e. The minimum atomic E-state index is -1.17. The van der Waals surface area contributed by atoms with Gasteiger partial charge in [0.15, 0.2) is 5.78 Å². The first kappa shape index (κ1) is 21.2. The third-order valence-corrected chi connectivity index (χ3v) is 6.77. The fraction of sp³-hybridized carbons (Fsp3) is 0.269. The van der Waals surface area contributed by atoms with Crippen LogP contribution in [-0.4, -0.2) is 51.5 Å². The number of hydrogen-bond donors (Lipinski definition) is 2. The van der Waals surface area contributed by atoms with E-state index in [1.165, 1.54) is 4.90 Å². The lowest BCUT2D eigenvalue weighted by molar-refractivity contribution is -0.163. The molecule has 3 aliphatic rings. The van der Waals surface area contributed by atoms with Gasteiger partial charge in [-0.2, -0.15) is 0 Å². The van der Waals surface area contributed by atoms with Crippen LogP contribution in [0.25, 0.3) is 11.1 Å². The summed E-state index contributed by atoms with van der Waals surface area (Å²) in [6, 6.07) is 12.4. The number of aliphatic hydroxyl groups excluding tert-OH is 1. The lowest BCUT2D eigenvalue weighted by Crippen LogP contribution is -2.63. The summed E-state index contributed by atoms with van der Waals surface area (Å²) in [7, 11) is 0. The first-order valence-electron chi connectivity index (χ1n) is 10.9. The van der Waals surface area contributed by atoms with Crippen molar-refractivity contribution in [2.24, 2.45) is 11.8 Å². The largest absolute Gasteiger partial charge is 0.489 e. The summed E-state index contributed by atoms with van der Waals surface area (Å²) < 4.78 is 5.97. The summed E-state index contributed by atoms with van der Waals surface area (Å²) in [6.07, 6.45) is 2.56. The van der Waals surface area contributed by atoms with Crippen LogP contribution in [0.2, 0.25) is 0 Å². The highest BCUT2D eigenvalue weighted by atomic mass is 16.5. The number of aliphatic hydroxyl groups is 1. The van der Waals surface area contributed by atoms with Crippen LogP contribution in [0.1, 0.15) is 29.8 Å². The Kier molecular flexibility index (Phi) is 4.94. The third kappa shape index (κ3) is 3.03. The van der Waals surface area contributed by atoms with Crippen molar-refractivity contribution in [1.29, 1.82) is 0 Å². The molecule has 5 rings (SSSR count). The molecule has 33 heavy (non-hydrogen) atoms. The van der Waals surface area contributed by atoms with Crippen LogP contribution < -0.4 is 4.74 Å². The van der Waals surface area contributed by atoms with Crippen molar-refractivity contribution in [3.8, 4) is 16.9 Å². The van der Waals surface area contributed by atoms with E-state index in [1.807, 2.05) is 25.1 Å². The molecule has 1 aliphatic carbocycles. The summed E-state index contributed by atoms with van der Waals surface area (Å²) in [6.45, 7) is 3.58. The number of carboxylic acids is 1. The summed E-state index contributed by atoms with van der Waals surface area (Å²) >= 11 is 0. The molecule has 1 saturated heterocycles. The third-order valence-electron chi connectivity index (χ3n) is 6.77. The second kappa shape index (κ2) is 7.71. The fourth-order valence-corrected chi connectivity index (χ4v) is 5.29. The summed E-state index contributed by atoms with van der Waals surface area (Å²) in [5.41, 5.74) is 3.35. The number of hydrogen-bond acceptors (Lipinski definition) is 5. The number of carboxylic acid groups (broad SMARTS) is 1. The molecule has 1 fully saturated rings. The van der Waals surface area contributed by atoms with E-state index in [0.29, 0.717) is 22.4 Å². The Morgan fingerprint density at radius 3 is 2.52 bits per heavy atom. The Hall–Kier alpha value is -3.71. The Bertz CT molecular complexity index is 1260. The monoisotopic (exact) mass is 445 g/mol. The number of carbonyl (C=O) groups is 3. The van der Waals surface area contributed by atoms with Gasteiger partial charge in [-0.1, -0.05) is 49.4 Å². The minimum Gasteiger partial charge on any atom is -0.489 e. The zero-order valence-electron chi connectivity index (χ0n) is 18.2. The van der Waals surface area contributed by atoms with Gasteiger partial charge in [0, 0.05) is 22.6 Å². The highest BCUT2D eigenvalue weighted by molar-refractivity contribution is 6.22. The molecule has 2 N–H and O–H groups in total. The van der Waals surface area contributed by atoms with Crippen LogP contribution in [0.3, 0.4) is 0 Å². The van der Waals surface area contributed by atoms with Crippen molar-refractivity contribution in [1.82, 2.24) is 4.90 Å². The van der Waals surface area contributed by atoms with Gasteiger partial charge in [-0.3, -0.25) is 9.59 Å². The average molecular weight is 445 g/mol. The molecule has 1 amide bonds. The van der Waals surface area contributed by atoms with Crippen LogP contribution in [0.15, 0.2) is 65.9 Å². The molecule has 168 valence electrons. The zero-order chi connectivity index (χ0) is 23.4. The van der Waals surface area contributed by atoms with Crippen molar-refractivity contribution in [3.63, 3.8) is 0 Å². The molecule has 0 saturated carbocycles. The summed E-state index contributed by atoms with van der Waals surface area (Å²) in [5.74, 6) is -1.80. The zero-order valence-corrected chi connectivity index (χ0v) is 18.2. The lowest BCUT2D eigenvalue weighted by Gasteiger charge is -2.46. The van der Waals surface area contributed by atoms with Crippen LogP contribution in [0.4, 0.5) is 0 Å². The van der Waals surface area contributed by atoms with Crippen molar-refractivity contribution in [3.05, 3.63) is 77.0 Å². The number of amides is 1. The van der Waals surface area contributed by atoms with E-state index in [1.54, 1.807) is 43.3 Å². The normalized spacial score (nSPS) is 24.0. The van der Waals surface area contributed by atoms with E-state index in [2.05, 4.69) is 0 Å². The number of aliphatic carboxylic acids is 1. The molecular formula is C26H23NO6. The number of benzene rings is 2. The summed E-state index contributed by atoms with van der Waals surface area (Å²) in [4.78, 5) is 38.3. The Labute approximate surface area is 190 Å². The van der Waals surface area contributed by atoms with E-state index in [9.17, 15) is 24.6 Å². The first-order valence-corrected chi connectivity index (χ1v) is 10.9. The maximum Gasteiger partial charge on any atom is 0.352 e. The fourth-order valence-electron chi connectivity index (χ4n) is 5.29. The number of allylic oxidation sites excluding steroid dienone is 1. The maximum atomic E-state index is 12.7. The highest BCUT2D eigenvalue weighted by Gasteiger charge is 2.59. The molecule has 7 heteroatoms. The van der Waals surface area contributed by atoms with Crippen LogP contribution >= 0.6 is 0 Å². The molecule has 4 atom stereocenters. The Morgan fingerprint density at radius 2 is 1.82 bits per heavy atom. The first-order chi connectivity index (χ1) is 15.8. The van der Waals surface area contributed by atoms with E-state index in [-0.39, 0.29) is 36.0 Å². The Balaban J connectivity index is 1.38. The second-order valence-corrected chi connectivity index (χ2v) is 8.63. The van der Waals surface area contributed by atoms with Gasteiger partial charge in [0.05, 0.1) is 18.1 Å². The second-order valence-electron chi connectivity index (χ2n) is 8.63. The topological polar surface area (TPSA) is 104 Å². The molecule has 0 spiro atoms. The SMILES string of the molecule is C[C@@H](O)[C@H]1C(=O)N2C(C(=O)O)=C(/C=C/COc3cccc4c3-c3ccccc3C4=O)[C@H](C)[C@H]12. The molecule has 2 heterocycles. The molecule has 2 aliphatic heterocycles. The van der Waals surface area contributed by atoms with Gasteiger partial charge in [0.25, 0.3) is 0 Å². The van der Waals surface area contributed by atoms with Gasteiger partial charge in [0.2, 0.25) is 5.91 Å². The number of β-lactam (4-membered cyclic amide) rings is 1. The van der Waals surface area contributed by atoms with E-state index >= 15 is 0 Å². The van der Waals surface area contributed by atoms with Crippen LogP contribution in [0.5, 0.6) is 5.75 Å². The van der Waals surface area contributed by atoms with E-state index in [0.717, 1.165) is 11.1 Å². The van der Waals surface area contributed by atoms with Gasteiger partial charge >= 0.3 is 5.97 Å². The lowest BCUT2D eigenvalue weighted by atomic mass is 9.78. The van der Waals surface area contributed by atoms with Crippen molar-refractivity contribution >= 4 is 17.7 Å². The molecule has 2 aromatic rings. The van der Waals surface area contributed by atoms with E-state index in [4.69, 9.17) is 4.74 Å². The standard InChI is InChI=1S/C26H23NO6/c1-13-15(23(26(31)32)27-22(13)20(14(2)28)25(27)30)10-6-12-33-19-11-5-9-18-21(19)16-7-3-4-8-17(16)24(18)29/h3-11,13-14,20,22,28H,12H2,1-2H3,(H,31,32)/b10-6+/t13-,14+,20+,22+/m0/s1. The molecule has 2 aromatic carbocycles. The number of fused-ring (bicyclic) bond motifs is 4. The molecule has 7 nitrogen and oxygen atoms in total. The van der Waals surface area contributed by atoms with Gasteiger partial charge in [-0.15, -0.1) is 0 Å². The van der Waals surface area contributed by atoms with Crippen LogP contribution in [-0.2, 0) is 9.59 Å².